The summed E-state index contributed by atoms with van der Waals surface area (Å²) >= 11 is 0. The zero-order valence-electron chi connectivity index (χ0n) is 44.7. The van der Waals surface area contributed by atoms with Gasteiger partial charge in [0.05, 0.1) is 53.8 Å². The predicted octanol–water partition coefficient (Wildman–Crippen LogP) is 2.46. The van der Waals surface area contributed by atoms with Gasteiger partial charge in [0, 0.05) is 47.3 Å². The fraction of sp³-hybridized carbons (Fsp3) is 0.765. The molecular formula is C51H85N7O13S. The molecule has 1 aromatic carbocycles. The molecule has 20 nitrogen and oxygen atoms in total. The van der Waals surface area contributed by atoms with Crippen molar-refractivity contribution in [2.24, 2.45) is 29.6 Å². The molecule has 408 valence electrons. The zero-order valence-corrected chi connectivity index (χ0v) is 45.5. The van der Waals surface area contributed by atoms with Gasteiger partial charge in [-0.3, -0.25) is 43.3 Å². The average molecular weight is 1040 g/mol. The second kappa shape index (κ2) is 27.2. The van der Waals surface area contributed by atoms with E-state index in [9.17, 15) is 47.4 Å². The molecule has 0 aromatic heterocycles. The third kappa shape index (κ3) is 16.0. The minimum Gasteiger partial charge on any atom is -0.489 e. The number of carboxylic acid groups (broad SMARTS) is 1. The first-order valence-electron chi connectivity index (χ1n) is 25.7. The molecule has 1 aliphatic carbocycles. The average Bonchev–Trinajstić information content (AvgIpc) is 4.10. The predicted molar refractivity (Wildman–Crippen MR) is 271 cm³/mol. The van der Waals surface area contributed by atoms with E-state index in [2.05, 4.69) is 15.4 Å². The molecule has 1 aromatic rings. The molecule has 5 amide bonds. The lowest BCUT2D eigenvalue weighted by atomic mass is 9.89. The molecule has 10 atom stereocenters. The number of likely N-dealkylation sites (tertiary alicyclic amines) is 2. The minimum absolute atomic E-state index is 0.000975. The van der Waals surface area contributed by atoms with Crippen LogP contribution in [0.4, 0.5) is 0 Å². The maximum absolute atomic E-state index is 14.5. The number of nitrogens with zero attached hydrogens (tertiary/aromatic N) is 4. The highest BCUT2D eigenvalue weighted by Crippen LogP contribution is 2.31. The molecule has 1 saturated carbocycles. The van der Waals surface area contributed by atoms with Gasteiger partial charge in [-0.25, -0.2) is 8.42 Å². The van der Waals surface area contributed by atoms with Gasteiger partial charge in [-0.1, -0.05) is 67.0 Å². The first kappa shape index (κ1) is 60.1. The number of sulfonamides is 1. The number of aliphatic carboxylic acids is 1. The third-order valence-corrected chi connectivity index (χ3v) is 16.7. The van der Waals surface area contributed by atoms with E-state index in [4.69, 9.17) is 14.2 Å². The Bertz CT molecular complexity index is 2070. The molecule has 0 spiro atoms. The number of amides is 5. The van der Waals surface area contributed by atoms with Crippen molar-refractivity contribution >= 4 is 45.5 Å². The van der Waals surface area contributed by atoms with Crippen molar-refractivity contribution < 1.29 is 61.6 Å². The Morgan fingerprint density at radius 2 is 1.44 bits per heavy atom. The second-order valence-electron chi connectivity index (χ2n) is 21.0. The van der Waals surface area contributed by atoms with Crippen molar-refractivity contribution in [2.45, 2.75) is 160 Å². The van der Waals surface area contributed by atoms with Crippen molar-refractivity contribution in [3.8, 4) is 5.75 Å². The Hall–Kier alpha value is -4.41. The first-order chi connectivity index (χ1) is 33.9. The highest BCUT2D eigenvalue weighted by molar-refractivity contribution is 7.90. The molecule has 5 N–H and O–H groups in total. The van der Waals surface area contributed by atoms with Crippen LogP contribution in [-0.2, 0) is 54.7 Å². The Labute approximate surface area is 427 Å². The highest BCUT2D eigenvalue weighted by atomic mass is 32.2. The molecular weight excluding hydrogens is 951 g/mol. The Kier molecular flexibility index (Phi) is 22.7. The lowest BCUT2D eigenvalue weighted by Crippen LogP contribution is -2.59. The van der Waals surface area contributed by atoms with Crippen LogP contribution in [-0.4, -0.2) is 189 Å². The van der Waals surface area contributed by atoms with Crippen LogP contribution in [0.25, 0.3) is 0 Å². The van der Waals surface area contributed by atoms with E-state index in [1.165, 1.54) is 14.2 Å². The number of ether oxygens (including phenoxy) is 3. The summed E-state index contributed by atoms with van der Waals surface area (Å²) in [6.45, 7) is 14.5. The molecule has 0 bridgehead atoms. The van der Waals surface area contributed by atoms with Gasteiger partial charge in [-0.2, -0.15) is 0 Å². The summed E-state index contributed by atoms with van der Waals surface area (Å²) in [4.78, 5) is 88.6. The lowest BCUT2D eigenvalue weighted by Gasteiger charge is -2.41. The molecule has 21 heteroatoms. The van der Waals surface area contributed by atoms with E-state index in [-0.39, 0.29) is 54.9 Å². The number of carbonyl (C=O) groups excluding carboxylic acids is 5. The van der Waals surface area contributed by atoms with Gasteiger partial charge in [0.25, 0.3) is 5.91 Å². The second-order valence-corrected chi connectivity index (χ2v) is 23.0. The number of benzene rings is 1. The van der Waals surface area contributed by atoms with Crippen molar-refractivity contribution in [2.75, 3.05) is 61.6 Å². The number of methoxy groups -OCH3 is 2. The number of carboxylic acids is 1. The topological polar surface area (TPSA) is 254 Å². The fourth-order valence-corrected chi connectivity index (χ4v) is 11.6. The SMILES string of the molecule is CCC(C)C(C(CC(=O)N1CCCC1C(OC)C(C)C(=O)NC(Cc1ccc(OCC(O)N2CCC(C(=O)O)CC2)cc1)C(=O)NS(=O)(=O)C1CC1)OC)N(C)C(=O)C(NC(=O)C(C(C)C)N(C)C)C(C)C. The van der Waals surface area contributed by atoms with Gasteiger partial charge >= 0.3 is 5.97 Å². The number of rotatable bonds is 28. The van der Waals surface area contributed by atoms with E-state index in [1.54, 1.807) is 52.9 Å². The standard InChI is InChI=1S/C51H85N7O13S/c1-13-32(6)45(56(10)50(64)43(30(2)3)53-49(63)44(31(4)5)55(8)9)40(69-11)28-41(59)58-24-14-15-39(58)46(70-12)33(7)47(61)52-38(48(62)54-72(67,68)37-20-21-37)27-34-16-18-36(19-17-34)71-29-42(60)57-25-22-35(23-26-57)51(65)66/h16-19,30-33,35,37-40,42-46,60H,13-15,20-29H2,1-12H3,(H,52,61)(H,53,63)(H,54,62)(H,65,66). The molecule has 2 saturated heterocycles. The van der Waals surface area contributed by atoms with Gasteiger partial charge < -0.3 is 44.9 Å². The number of hydrogen-bond donors (Lipinski definition) is 5. The van der Waals surface area contributed by atoms with Gasteiger partial charge in [-0.05, 0) is 88.1 Å². The van der Waals surface area contributed by atoms with E-state index in [0.717, 1.165) is 0 Å². The summed E-state index contributed by atoms with van der Waals surface area (Å²) in [5, 5.41) is 25.1. The van der Waals surface area contributed by atoms with Crippen LogP contribution in [0.2, 0.25) is 0 Å². The molecule has 4 rings (SSSR count). The normalized spacial score (nSPS) is 20.7. The van der Waals surface area contributed by atoms with Gasteiger partial charge in [0.15, 0.2) is 0 Å². The maximum atomic E-state index is 14.5. The van der Waals surface area contributed by atoms with Crippen molar-refractivity contribution in [3.63, 3.8) is 0 Å². The molecule has 0 radical (unpaired) electrons. The third-order valence-electron chi connectivity index (χ3n) is 14.8. The molecule has 2 heterocycles. The maximum Gasteiger partial charge on any atom is 0.306 e. The summed E-state index contributed by atoms with van der Waals surface area (Å²) in [6.07, 6.45) is 0.852. The number of likely N-dealkylation sites (N-methyl/N-ethyl adjacent to an activating group) is 2. The van der Waals surface area contributed by atoms with E-state index < -0.39 is 93.5 Å². The van der Waals surface area contributed by atoms with Gasteiger partial charge in [-0.15, -0.1) is 0 Å². The zero-order chi connectivity index (χ0) is 53.8. The van der Waals surface area contributed by atoms with E-state index in [0.29, 0.717) is 75.9 Å². The van der Waals surface area contributed by atoms with Crippen LogP contribution >= 0.6 is 0 Å². The minimum atomic E-state index is -3.97. The van der Waals surface area contributed by atoms with E-state index >= 15 is 0 Å². The quantitative estimate of drug-likeness (QED) is 0.0809. The smallest absolute Gasteiger partial charge is 0.306 e. The van der Waals surface area contributed by atoms with Crippen molar-refractivity contribution in [3.05, 3.63) is 29.8 Å². The number of aliphatic hydroxyl groups is 1. The monoisotopic (exact) mass is 1040 g/mol. The number of aliphatic hydroxyl groups excluding tert-OH is 1. The summed E-state index contributed by atoms with van der Waals surface area (Å²) in [6, 6.07) is 2.94. The number of carbonyl (C=O) groups is 6. The Balaban J connectivity index is 1.47. The van der Waals surface area contributed by atoms with Crippen molar-refractivity contribution in [1.82, 2.24) is 35.0 Å². The molecule has 3 fully saturated rings. The molecule has 2 aliphatic heterocycles. The molecule has 3 aliphatic rings. The van der Waals surface area contributed by atoms with Crippen molar-refractivity contribution in [1.29, 1.82) is 0 Å². The summed E-state index contributed by atoms with van der Waals surface area (Å²) in [5.41, 5.74) is 0.579. The number of hydrogen-bond acceptors (Lipinski definition) is 14. The van der Waals surface area contributed by atoms with Crippen LogP contribution in [0, 0.1) is 29.6 Å². The van der Waals surface area contributed by atoms with E-state index in [1.807, 2.05) is 60.5 Å². The Morgan fingerprint density at radius 1 is 0.819 bits per heavy atom. The van der Waals surface area contributed by atoms with Crippen LogP contribution in [0.3, 0.4) is 0 Å². The summed E-state index contributed by atoms with van der Waals surface area (Å²) in [5.74, 6) is -4.40. The van der Waals surface area contributed by atoms with Gasteiger partial charge in [0.1, 0.15) is 30.7 Å². The lowest BCUT2D eigenvalue weighted by molar-refractivity contribution is -0.148. The summed E-state index contributed by atoms with van der Waals surface area (Å²) < 4.78 is 45.9. The first-order valence-corrected chi connectivity index (χ1v) is 27.2. The van der Waals surface area contributed by atoms with Crippen LogP contribution in [0.5, 0.6) is 5.75 Å². The van der Waals surface area contributed by atoms with Gasteiger partial charge in [0.2, 0.25) is 33.7 Å². The Morgan fingerprint density at radius 3 is 1.96 bits per heavy atom. The fourth-order valence-electron chi connectivity index (χ4n) is 10.3. The highest BCUT2D eigenvalue weighted by Gasteiger charge is 2.44. The van der Waals surface area contributed by atoms with Crippen LogP contribution in [0.15, 0.2) is 24.3 Å². The molecule has 10 unspecified atom stereocenters. The van der Waals surface area contributed by atoms with Crippen LogP contribution < -0.4 is 20.1 Å². The largest absolute Gasteiger partial charge is 0.489 e. The van der Waals surface area contributed by atoms with Crippen LogP contribution in [0.1, 0.15) is 105 Å². The number of piperidine rings is 1. The molecule has 72 heavy (non-hydrogen) atoms. The number of nitrogens with one attached hydrogen (secondary N) is 3. The summed E-state index contributed by atoms with van der Waals surface area (Å²) in [7, 11) is 4.34.